The first-order valence-corrected chi connectivity index (χ1v) is 10.7. The Labute approximate surface area is 155 Å². The predicted octanol–water partition coefficient (Wildman–Crippen LogP) is 4.26. The summed E-state index contributed by atoms with van der Waals surface area (Å²) in [5.74, 6) is 0.424. The highest BCUT2D eigenvalue weighted by Crippen LogP contribution is 2.35. The molecule has 3 N–H and O–H groups in total. The van der Waals surface area contributed by atoms with Crippen LogP contribution in [-0.2, 0) is 17.3 Å². The quantitative estimate of drug-likeness (QED) is 0.750. The van der Waals surface area contributed by atoms with Crippen molar-refractivity contribution < 1.29 is 9.32 Å². The number of nitrogens with two attached hydrogens (primary N) is 1. The number of aliphatic hydroxyl groups is 1. The molecule has 0 spiro atoms. The zero-order chi connectivity index (χ0) is 18.0. The van der Waals surface area contributed by atoms with E-state index < -0.39 is 21.8 Å². The van der Waals surface area contributed by atoms with E-state index in [0.717, 1.165) is 9.79 Å². The normalized spacial score (nSPS) is 13.9. The Balaban J connectivity index is 2.04. The van der Waals surface area contributed by atoms with E-state index in [-0.39, 0.29) is 0 Å². The fourth-order valence-corrected chi connectivity index (χ4v) is 5.53. The van der Waals surface area contributed by atoms with Gasteiger partial charge in [-0.1, -0.05) is 25.6 Å². The molecule has 0 bridgehead atoms. The lowest BCUT2D eigenvalue weighted by molar-refractivity contribution is -0.0215. The predicted molar refractivity (Wildman–Crippen MR) is 104 cm³/mol. The van der Waals surface area contributed by atoms with Crippen LogP contribution in [-0.4, -0.2) is 20.7 Å². The largest absolute Gasteiger partial charge is 0.390 e. The summed E-state index contributed by atoms with van der Waals surface area (Å²) in [5.41, 5.74) is 4.33. The van der Waals surface area contributed by atoms with Crippen molar-refractivity contribution in [2.75, 3.05) is 5.75 Å². The van der Waals surface area contributed by atoms with Gasteiger partial charge in [0.05, 0.1) is 20.6 Å². The molecule has 0 saturated carbocycles. The minimum atomic E-state index is -1.13. The number of hydrogen-bond donors (Lipinski definition) is 2. The van der Waals surface area contributed by atoms with Crippen molar-refractivity contribution in [3.05, 3.63) is 41.3 Å². The Kier molecular flexibility index (Phi) is 6.31. The Morgan fingerprint density at radius 1 is 1.12 bits per heavy atom. The fraction of sp³-hybridized carbons (Fsp3) is 0.444. The first kappa shape index (κ1) is 19.7. The van der Waals surface area contributed by atoms with Crippen LogP contribution in [0.3, 0.4) is 0 Å². The third kappa shape index (κ3) is 4.92. The monoisotopic (exact) mass is 383 g/mol. The molecule has 0 aliphatic rings. The summed E-state index contributed by atoms with van der Waals surface area (Å²) in [6.45, 7) is 7.99. The van der Waals surface area contributed by atoms with Gasteiger partial charge in [-0.05, 0) is 50.2 Å². The SMILES string of the molecule is CC(C)(O)C(C)(C)CS(=O)c1ccc(Sc2ccc(CN)s2)cc1. The van der Waals surface area contributed by atoms with Crippen molar-refractivity contribution in [2.45, 2.75) is 53.8 Å². The molecule has 6 heteroatoms. The van der Waals surface area contributed by atoms with E-state index >= 15 is 0 Å². The molecule has 1 atom stereocenters. The molecule has 0 radical (unpaired) electrons. The minimum absolute atomic E-state index is 0.424. The molecule has 1 aromatic carbocycles. The lowest BCUT2D eigenvalue weighted by Crippen LogP contribution is -2.42. The lowest BCUT2D eigenvalue weighted by Gasteiger charge is -2.36. The second kappa shape index (κ2) is 7.70. The fourth-order valence-electron chi connectivity index (χ4n) is 1.89. The molecular weight excluding hydrogens is 358 g/mol. The summed E-state index contributed by atoms with van der Waals surface area (Å²) in [7, 11) is -1.13. The lowest BCUT2D eigenvalue weighted by atomic mass is 9.79. The molecule has 0 aliphatic heterocycles. The van der Waals surface area contributed by atoms with Gasteiger partial charge in [-0.3, -0.25) is 4.21 Å². The van der Waals surface area contributed by atoms with Crippen molar-refractivity contribution in [1.82, 2.24) is 0 Å². The highest BCUT2D eigenvalue weighted by molar-refractivity contribution is 8.01. The van der Waals surface area contributed by atoms with E-state index in [2.05, 4.69) is 12.1 Å². The Bertz CT molecular complexity index is 700. The van der Waals surface area contributed by atoms with Crippen LogP contribution in [0.5, 0.6) is 0 Å². The van der Waals surface area contributed by atoms with Gasteiger partial charge in [-0.25, -0.2) is 0 Å². The molecule has 3 nitrogen and oxygen atoms in total. The number of hydrogen-bond acceptors (Lipinski definition) is 5. The molecule has 24 heavy (non-hydrogen) atoms. The zero-order valence-electron chi connectivity index (χ0n) is 14.5. The van der Waals surface area contributed by atoms with Gasteiger partial charge in [0.15, 0.2) is 0 Å². The van der Waals surface area contributed by atoms with Crippen molar-refractivity contribution in [1.29, 1.82) is 0 Å². The molecular formula is C18H25NO2S3. The summed E-state index contributed by atoms with van der Waals surface area (Å²) in [6.07, 6.45) is 0. The van der Waals surface area contributed by atoms with Crippen LogP contribution in [0.2, 0.25) is 0 Å². The van der Waals surface area contributed by atoms with Crippen LogP contribution >= 0.6 is 23.1 Å². The first-order chi connectivity index (χ1) is 11.1. The molecule has 0 aliphatic carbocycles. The Morgan fingerprint density at radius 3 is 2.25 bits per heavy atom. The van der Waals surface area contributed by atoms with Crippen LogP contribution in [0.25, 0.3) is 0 Å². The molecule has 0 saturated heterocycles. The highest BCUT2D eigenvalue weighted by Gasteiger charge is 2.36. The second-order valence-electron chi connectivity index (χ2n) is 6.93. The van der Waals surface area contributed by atoms with Gasteiger partial charge in [0, 0.05) is 32.4 Å². The molecule has 1 unspecified atom stereocenters. The summed E-state index contributed by atoms with van der Waals surface area (Å²) in [5, 5.41) is 10.2. The standard InChI is InChI=1S/C18H25NO2S3/c1-17(2,18(3,4)20)12-24(21)15-8-5-13(6-9-15)22-16-10-7-14(11-19)23-16/h5-10,20H,11-12,19H2,1-4H3. The molecule has 132 valence electrons. The van der Waals surface area contributed by atoms with Crippen LogP contribution in [0.1, 0.15) is 32.6 Å². The first-order valence-electron chi connectivity index (χ1n) is 7.80. The second-order valence-corrected chi connectivity index (χ2v) is 10.9. The van der Waals surface area contributed by atoms with Gasteiger partial charge < -0.3 is 10.8 Å². The third-order valence-electron chi connectivity index (χ3n) is 4.29. The summed E-state index contributed by atoms with van der Waals surface area (Å²) < 4.78 is 13.8. The third-order valence-corrected chi connectivity index (χ3v) is 8.32. The maximum atomic E-state index is 12.6. The molecule has 0 amide bonds. The zero-order valence-corrected chi connectivity index (χ0v) is 17.0. The van der Waals surface area contributed by atoms with Crippen LogP contribution in [0.15, 0.2) is 50.4 Å². The smallest absolute Gasteiger partial charge is 0.0651 e. The van der Waals surface area contributed by atoms with Crippen LogP contribution in [0.4, 0.5) is 0 Å². The van der Waals surface area contributed by atoms with Crippen molar-refractivity contribution in [2.24, 2.45) is 11.1 Å². The van der Waals surface area contributed by atoms with Crippen LogP contribution < -0.4 is 5.73 Å². The number of benzene rings is 1. The van der Waals surface area contributed by atoms with Gasteiger partial charge in [0.2, 0.25) is 0 Å². The number of thiophene rings is 1. The summed E-state index contributed by atoms with van der Waals surface area (Å²) >= 11 is 3.38. The van der Waals surface area contributed by atoms with E-state index in [1.165, 1.54) is 9.09 Å². The van der Waals surface area contributed by atoms with Gasteiger partial charge in [0.1, 0.15) is 0 Å². The topological polar surface area (TPSA) is 63.3 Å². The maximum Gasteiger partial charge on any atom is 0.0651 e. The van der Waals surface area contributed by atoms with Crippen molar-refractivity contribution >= 4 is 33.9 Å². The Hall–Kier alpha value is -0.660. The van der Waals surface area contributed by atoms with Gasteiger partial charge in [-0.15, -0.1) is 11.3 Å². The van der Waals surface area contributed by atoms with E-state index in [9.17, 15) is 9.32 Å². The maximum absolute atomic E-state index is 12.6. The summed E-state index contributed by atoms with van der Waals surface area (Å²) in [4.78, 5) is 3.08. The van der Waals surface area contributed by atoms with Gasteiger partial charge in [0.25, 0.3) is 0 Å². The molecule has 1 aromatic heterocycles. The van der Waals surface area contributed by atoms with Gasteiger partial charge in [-0.2, -0.15) is 0 Å². The highest BCUT2D eigenvalue weighted by atomic mass is 32.2. The Morgan fingerprint density at radius 2 is 1.75 bits per heavy atom. The van der Waals surface area contributed by atoms with Crippen molar-refractivity contribution in [3.8, 4) is 0 Å². The molecule has 0 fully saturated rings. The average Bonchev–Trinajstić information content (AvgIpc) is 2.94. The average molecular weight is 384 g/mol. The molecule has 2 rings (SSSR count). The minimum Gasteiger partial charge on any atom is -0.390 e. The van der Waals surface area contributed by atoms with E-state index in [1.54, 1.807) is 36.9 Å². The number of rotatable bonds is 7. The van der Waals surface area contributed by atoms with Gasteiger partial charge >= 0.3 is 0 Å². The summed E-state index contributed by atoms with van der Waals surface area (Å²) in [6, 6.07) is 11.9. The van der Waals surface area contributed by atoms with E-state index in [0.29, 0.717) is 12.3 Å². The van der Waals surface area contributed by atoms with Crippen molar-refractivity contribution in [3.63, 3.8) is 0 Å². The molecule has 2 aromatic rings. The van der Waals surface area contributed by atoms with Crippen LogP contribution in [0, 0.1) is 5.41 Å². The van der Waals surface area contributed by atoms with E-state index in [4.69, 9.17) is 5.73 Å². The molecule has 1 heterocycles. The van der Waals surface area contributed by atoms with E-state index in [1.807, 2.05) is 38.1 Å².